The predicted octanol–water partition coefficient (Wildman–Crippen LogP) is 4.48. The standard InChI is InChI=1S/C21H21NO3/c1-4-17(21(23)24)22-18-12-19(15-8-6-5-7-9-15)25-20-11-14(3)13(2)10-16(18)20/h5-12,17H,4H2,1-3H3,(H,23,24). The van der Waals surface area contributed by atoms with Crippen molar-refractivity contribution in [1.29, 1.82) is 0 Å². The van der Waals surface area contributed by atoms with Crippen molar-refractivity contribution < 1.29 is 14.3 Å². The molecule has 25 heavy (non-hydrogen) atoms. The van der Waals surface area contributed by atoms with Gasteiger partial charge in [0.1, 0.15) is 17.4 Å². The molecule has 0 bridgehead atoms. The van der Waals surface area contributed by atoms with Gasteiger partial charge in [0.05, 0.1) is 5.36 Å². The first-order chi connectivity index (χ1) is 12.0. The number of hydrogen-bond acceptors (Lipinski definition) is 3. The van der Waals surface area contributed by atoms with E-state index in [0.29, 0.717) is 23.1 Å². The summed E-state index contributed by atoms with van der Waals surface area (Å²) in [7, 11) is 0. The summed E-state index contributed by atoms with van der Waals surface area (Å²) in [5.41, 5.74) is 3.89. The molecule has 4 heteroatoms. The lowest BCUT2D eigenvalue weighted by Gasteiger charge is -2.09. The van der Waals surface area contributed by atoms with Crippen LogP contribution in [-0.2, 0) is 4.79 Å². The number of rotatable bonds is 4. The molecule has 1 aromatic heterocycles. The monoisotopic (exact) mass is 335 g/mol. The van der Waals surface area contributed by atoms with E-state index >= 15 is 0 Å². The molecular weight excluding hydrogens is 314 g/mol. The Balaban J connectivity index is 2.34. The zero-order valence-electron chi connectivity index (χ0n) is 14.6. The van der Waals surface area contributed by atoms with E-state index in [0.717, 1.165) is 22.1 Å². The van der Waals surface area contributed by atoms with Crippen LogP contribution in [0.3, 0.4) is 0 Å². The smallest absolute Gasteiger partial charge is 0.328 e. The Bertz CT molecular complexity index is 987. The fourth-order valence-electron chi connectivity index (χ4n) is 2.76. The van der Waals surface area contributed by atoms with Crippen LogP contribution in [0, 0.1) is 13.8 Å². The van der Waals surface area contributed by atoms with E-state index in [4.69, 9.17) is 4.42 Å². The number of carboxylic acids is 1. The molecule has 0 fully saturated rings. The minimum atomic E-state index is -0.915. The van der Waals surface area contributed by atoms with Gasteiger partial charge in [0, 0.05) is 17.0 Å². The predicted molar refractivity (Wildman–Crippen MR) is 98.4 cm³/mol. The Kier molecular flexibility index (Phi) is 4.70. The first kappa shape index (κ1) is 17.0. The molecule has 0 saturated heterocycles. The minimum Gasteiger partial charge on any atom is -0.480 e. The third-order valence-corrected chi connectivity index (χ3v) is 4.38. The Morgan fingerprint density at radius 1 is 1.12 bits per heavy atom. The molecular formula is C21H21NO3. The van der Waals surface area contributed by atoms with Gasteiger partial charge in [-0.2, -0.15) is 0 Å². The number of nitrogens with zero attached hydrogens (tertiary/aromatic N) is 1. The summed E-state index contributed by atoms with van der Waals surface area (Å²) in [5, 5.41) is 10.9. The lowest BCUT2D eigenvalue weighted by molar-refractivity contribution is -0.138. The Hall–Kier alpha value is -2.88. The fourth-order valence-corrected chi connectivity index (χ4v) is 2.76. The van der Waals surface area contributed by atoms with Gasteiger partial charge in [0.15, 0.2) is 0 Å². The van der Waals surface area contributed by atoms with Crippen molar-refractivity contribution in [3.8, 4) is 11.3 Å². The van der Waals surface area contributed by atoms with E-state index in [-0.39, 0.29) is 0 Å². The molecule has 4 nitrogen and oxygen atoms in total. The molecule has 0 aliphatic carbocycles. The van der Waals surface area contributed by atoms with Crippen LogP contribution in [0.4, 0.5) is 0 Å². The van der Waals surface area contributed by atoms with Crippen molar-refractivity contribution >= 4 is 16.9 Å². The second-order valence-electron chi connectivity index (χ2n) is 6.19. The quantitative estimate of drug-likeness (QED) is 0.764. The maximum atomic E-state index is 11.4. The molecule has 0 aliphatic rings. The zero-order valence-corrected chi connectivity index (χ0v) is 14.6. The minimum absolute atomic E-state index is 0.439. The van der Waals surface area contributed by atoms with Crippen LogP contribution < -0.4 is 5.36 Å². The van der Waals surface area contributed by atoms with Crippen molar-refractivity contribution in [3.05, 3.63) is 65.0 Å². The molecule has 0 saturated carbocycles. The van der Waals surface area contributed by atoms with Crippen LogP contribution in [0.2, 0.25) is 0 Å². The van der Waals surface area contributed by atoms with E-state index in [9.17, 15) is 9.90 Å². The number of carbonyl (C=O) groups is 1. The number of benzene rings is 2. The number of hydrogen-bond donors (Lipinski definition) is 1. The van der Waals surface area contributed by atoms with E-state index in [1.54, 1.807) is 0 Å². The summed E-state index contributed by atoms with van der Waals surface area (Å²) in [6.07, 6.45) is 0.439. The summed E-state index contributed by atoms with van der Waals surface area (Å²) in [4.78, 5) is 15.9. The zero-order chi connectivity index (χ0) is 18.0. The van der Waals surface area contributed by atoms with Gasteiger partial charge >= 0.3 is 5.97 Å². The van der Waals surface area contributed by atoms with Crippen molar-refractivity contribution in [2.75, 3.05) is 0 Å². The molecule has 0 spiro atoms. The second kappa shape index (κ2) is 6.93. The molecule has 0 amide bonds. The van der Waals surface area contributed by atoms with Crippen molar-refractivity contribution in [3.63, 3.8) is 0 Å². The van der Waals surface area contributed by atoms with Crippen LogP contribution >= 0.6 is 0 Å². The highest BCUT2D eigenvalue weighted by molar-refractivity contribution is 5.81. The van der Waals surface area contributed by atoms with E-state index in [2.05, 4.69) is 4.99 Å². The van der Waals surface area contributed by atoms with Gasteiger partial charge in [-0.15, -0.1) is 0 Å². The molecule has 1 atom stereocenters. The van der Waals surface area contributed by atoms with Crippen LogP contribution in [0.5, 0.6) is 0 Å². The SMILES string of the molecule is CCC(N=c1cc(-c2ccccc2)oc2cc(C)c(C)cc12)C(=O)O. The summed E-state index contributed by atoms with van der Waals surface area (Å²) in [6.45, 7) is 5.88. The summed E-state index contributed by atoms with van der Waals surface area (Å²) < 4.78 is 6.09. The van der Waals surface area contributed by atoms with Gasteiger partial charge < -0.3 is 9.52 Å². The summed E-state index contributed by atoms with van der Waals surface area (Å²) in [5.74, 6) is -0.239. The molecule has 2 aromatic carbocycles. The van der Waals surface area contributed by atoms with Gasteiger partial charge in [-0.3, -0.25) is 4.99 Å². The first-order valence-corrected chi connectivity index (χ1v) is 8.36. The molecule has 0 aliphatic heterocycles. The average Bonchev–Trinajstić information content (AvgIpc) is 2.61. The summed E-state index contributed by atoms with van der Waals surface area (Å²) in [6, 6.07) is 14.8. The third-order valence-electron chi connectivity index (χ3n) is 4.38. The molecule has 0 radical (unpaired) electrons. The van der Waals surface area contributed by atoms with Gasteiger partial charge in [0.25, 0.3) is 0 Å². The number of aryl methyl sites for hydroxylation is 2. The number of fused-ring (bicyclic) bond motifs is 1. The van der Waals surface area contributed by atoms with Crippen LogP contribution in [0.1, 0.15) is 24.5 Å². The van der Waals surface area contributed by atoms with Gasteiger partial charge in [-0.05, 0) is 43.5 Å². The highest BCUT2D eigenvalue weighted by Gasteiger charge is 2.14. The molecule has 128 valence electrons. The number of aliphatic carboxylic acids is 1. The Labute approximate surface area is 146 Å². The van der Waals surface area contributed by atoms with Crippen molar-refractivity contribution in [1.82, 2.24) is 0 Å². The Morgan fingerprint density at radius 2 is 1.80 bits per heavy atom. The second-order valence-corrected chi connectivity index (χ2v) is 6.19. The van der Waals surface area contributed by atoms with Crippen LogP contribution in [0.15, 0.2) is 57.9 Å². The van der Waals surface area contributed by atoms with Crippen molar-refractivity contribution in [2.24, 2.45) is 4.99 Å². The summed E-state index contributed by atoms with van der Waals surface area (Å²) >= 11 is 0. The van der Waals surface area contributed by atoms with Crippen LogP contribution in [-0.4, -0.2) is 17.1 Å². The van der Waals surface area contributed by atoms with Crippen molar-refractivity contribution in [2.45, 2.75) is 33.2 Å². The Morgan fingerprint density at radius 3 is 2.44 bits per heavy atom. The largest absolute Gasteiger partial charge is 0.480 e. The average molecular weight is 335 g/mol. The lowest BCUT2D eigenvalue weighted by atomic mass is 10.1. The van der Waals surface area contributed by atoms with E-state index in [1.165, 1.54) is 0 Å². The topological polar surface area (TPSA) is 62.8 Å². The molecule has 1 heterocycles. The molecule has 1 unspecified atom stereocenters. The third kappa shape index (κ3) is 3.48. The number of carboxylic acid groups (broad SMARTS) is 1. The maximum Gasteiger partial charge on any atom is 0.328 e. The maximum absolute atomic E-state index is 11.4. The van der Waals surface area contributed by atoms with Crippen LogP contribution in [0.25, 0.3) is 22.3 Å². The van der Waals surface area contributed by atoms with Gasteiger partial charge in [-0.1, -0.05) is 37.3 Å². The molecule has 3 rings (SSSR count). The first-order valence-electron chi connectivity index (χ1n) is 8.36. The molecule has 3 aromatic rings. The highest BCUT2D eigenvalue weighted by Crippen LogP contribution is 2.24. The van der Waals surface area contributed by atoms with E-state index in [1.807, 2.05) is 69.3 Å². The fraction of sp³-hybridized carbons (Fsp3) is 0.238. The van der Waals surface area contributed by atoms with Gasteiger partial charge in [0.2, 0.25) is 0 Å². The van der Waals surface area contributed by atoms with E-state index < -0.39 is 12.0 Å². The van der Waals surface area contributed by atoms with Gasteiger partial charge in [-0.25, -0.2) is 4.79 Å². The normalized spacial score (nSPS) is 13.2. The lowest BCUT2D eigenvalue weighted by Crippen LogP contribution is -2.21. The highest BCUT2D eigenvalue weighted by atomic mass is 16.4. The molecule has 1 N–H and O–H groups in total.